The third-order valence-electron chi connectivity index (χ3n) is 1.64. The highest BCUT2D eigenvalue weighted by atomic mass is 16.2. The standard InChI is InChI=1S/C6H10O2.C6H8O2.C4H6O2.C2H4O.4CH4/c2*1-2-3-6(8)4-5-7;1-4(6)2-3-5;1-2-3;;;;/h4-5,7H,2-3H2,1H3;2-5,7H,1H3;2-3,5H,1H3;2H,1H3;4*1H4/b5-4-;3-2+,5-4-;3-2-;;;;;. The molecule has 0 unspecified atom stereocenters. The first kappa shape index (κ1) is 50.2. The maximum Gasteiger partial charge on any atom is 0.181 e. The molecule has 0 saturated carbocycles. The Morgan fingerprint density at radius 3 is 1.34 bits per heavy atom. The van der Waals surface area contributed by atoms with Gasteiger partial charge in [0.1, 0.15) is 6.29 Å². The fourth-order valence-electron chi connectivity index (χ4n) is 0.811. The van der Waals surface area contributed by atoms with Gasteiger partial charge in [0.15, 0.2) is 17.3 Å². The molecule has 0 radical (unpaired) electrons. The van der Waals surface area contributed by atoms with E-state index in [2.05, 4.69) is 0 Å². The van der Waals surface area contributed by atoms with Crippen LogP contribution in [0.4, 0.5) is 0 Å². The quantitative estimate of drug-likeness (QED) is 0.272. The maximum atomic E-state index is 10.4. The Bertz CT molecular complexity index is 446. The molecule has 0 aliphatic rings. The van der Waals surface area contributed by atoms with Crippen LogP contribution in [0, 0.1) is 0 Å². The van der Waals surface area contributed by atoms with Crippen molar-refractivity contribution in [2.75, 3.05) is 0 Å². The van der Waals surface area contributed by atoms with Gasteiger partial charge >= 0.3 is 0 Å². The van der Waals surface area contributed by atoms with E-state index in [1.807, 2.05) is 6.92 Å². The lowest BCUT2D eigenvalue weighted by molar-refractivity contribution is -0.115. The van der Waals surface area contributed by atoms with Crippen molar-refractivity contribution in [3.63, 3.8) is 0 Å². The summed E-state index contributed by atoms with van der Waals surface area (Å²) in [5.74, 6) is -0.359. The number of carbonyl (C=O) groups is 4. The molecule has 7 heteroatoms. The topological polar surface area (TPSA) is 129 Å². The Labute approximate surface area is 178 Å². The van der Waals surface area contributed by atoms with Crippen LogP contribution in [0.25, 0.3) is 0 Å². The molecule has 0 atom stereocenters. The van der Waals surface area contributed by atoms with Gasteiger partial charge in [0.05, 0.1) is 18.8 Å². The minimum absolute atomic E-state index is 0. The molecule has 0 spiro atoms. The SMILES string of the molecule is C.C.C.C.C/C=C/C(=O)/C=C\O.CC(=O)/C=C\O.CC=O.CCCC(=O)/C=C\O. The van der Waals surface area contributed by atoms with Crippen LogP contribution in [-0.4, -0.2) is 39.0 Å². The van der Waals surface area contributed by atoms with Crippen molar-refractivity contribution in [3.8, 4) is 0 Å². The lowest BCUT2D eigenvalue weighted by atomic mass is 10.2. The summed E-state index contributed by atoms with van der Waals surface area (Å²) < 4.78 is 0. The van der Waals surface area contributed by atoms with Crippen LogP contribution in [-0.2, 0) is 19.2 Å². The summed E-state index contributed by atoms with van der Waals surface area (Å²) in [5, 5.41) is 23.9. The minimum Gasteiger partial charge on any atom is -0.515 e. The number of rotatable bonds is 6. The van der Waals surface area contributed by atoms with Crippen molar-refractivity contribution in [1.82, 2.24) is 0 Å². The van der Waals surface area contributed by atoms with Crippen molar-refractivity contribution >= 4 is 23.6 Å². The number of hydrogen-bond donors (Lipinski definition) is 3. The maximum absolute atomic E-state index is 10.4. The number of aldehydes is 1. The predicted octanol–water partition coefficient (Wildman–Crippen LogP) is 6.03. The molecule has 0 aromatic heterocycles. The van der Waals surface area contributed by atoms with Crippen LogP contribution < -0.4 is 0 Å². The van der Waals surface area contributed by atoms with Gasteiger partial charge in [-0.05, 0) is 33.3 Å². The van der Waals surface area contributed by atoms with E-state index in [1.165, 1.54) is 26.0 Å². The van der Waals surface area contributed by atoms with E-state index >= 15 is 0 Å². The zero-order chi connectivity index (χ0) is 20.5. The number of aliphatic hydroxyl groups excluding tert-OH is 3. The van der Waals surface area contributed by atoms with Crippen molar-refractivity contribution in [2.45, 2.75) is 70.2 Å². The second kappa shape index (κ2) is 49.8. The van der Waals surface area contributed by atoms with Gasteiger partial charge in [-0.15, -0.1) is 0 Å². The van der Waals surface area contributed by atoms with Crippen molar-refractivity contribution in [2.24, 2.45) is 0 Å². The third kappa shape index (κ3) is 91.7. The Kier molecular flexibility index (Phi) is 86.2. The first-order valence-electron chi connectivity index (χ1n) is 7.33. The molecule has 0 aromatic carbocycles. The molecule has 174 valence electrons. The first-order chi connectivity index (χ1) is 11.8. The van der Waals surface area contributed by atoms with Gasteiger partial charge in [-0.3, -0.25) is 14.4 Å². The van der Waals surface area contributed by atoms with Gasteiger partial charge in [0, 0.05) is 24.6 Å². The van der Waals surface area contributed by atoms with Crippen LogP contribution >= 0.6 is 0 Å². The summed E-state index contributed by atoms with van der Waals surface area (Å²) in [5.41, 5.74) is 0. The summed E-state index contributed by atoms with van der Waals surface area (Å²) in [6, 6.07) is 0. The molecule has 0 saturated heterocycles. The second-order valence-corrected chi connectivity index (χ2v) is 3.91. The minimum atomic E-state index is -0.199. The highest BCUT2D eigenvalue weighted by molar-refractivity contribution is 5.98. The molecule has 0 amide bonds. The average molecular weight is 421 g/mol. The van der Waals surface area contributed by atoms with E-state index in [4.69, 9.17) is 20.1 Å². The monoisotopic (exact) mass is 420 g/mol. The molecule has 7 nitrogen and oxygen atoms in total. The largest absolute Gasteiger partial charge is 0.515 e. The summed E-state index contributed by atoms with van der Waals surface area (Å²) in [6.45, 7) is 6.47. The Hall–Kier alpha value is -2.96. The molecule has 3 N–H and O–H groups in total. The van der Waals surface area contributed by atoms with Crippen LogP contribution in [0.15, 0.2) is 49.2 Å². The molecular weight excluding hydrogens is 376 g/mol. The fraction of sp³-hybridized carbons (Fsp3) is 0.455. The van der Waals surface area contributed by atoms with Crippen LogP contribution in [0.1, 0.15) is 70.2 Å². The van der Waals surface area contributed by atoms with Crippen LogP contribution in [0.3, 0.4) is 0 Å². The molecule has 0 aliphatic heterocycles. The number of ketones is 3. The molecule has 0 fully saturated rings. The fourth-order valence-corrected chi connectivity index (χ4v) is 0.811. The van der Waals surface area contributed by atoms with Gasteiger partial charge in [0.2, 0.25) is 0 Å². The van der Waals surface area contributed by atoms with Crippen molar-refractivity contribution in [1.29, 1.82) is 0 Å². The highest BCUT2D eigenvalue weighted by Gasteiger charge is 1.90. The zero-order valence-corrected chi connectivity index (χ0v) is 15.1. The number of hydrogen-bond acceptors (Lipinski definition) is 7. The van der Waals surface area contributed by atoms with Gasteiger partial charge in [-0.25, -0.2) is 0 Å². The predicted molar refractivity (Wildman–Crippen MR) is 124 cm³/mol. The van der Waals surface area contributed by atoms with Crippen molar-refractivity contribution in [3.05, 3.63) is 49.2 Å². The van der Waals surface area contributed by atoms with E-state index in [0.29, 0.717) is 6.42 Å². The summed E-state index contributed by atoms with van der Waals surface area (Å²) >= 11 is 0. The van der Waals surface area contributed by atoms with Gasteiger partial charge in [0.25, 0.3) is 0 Å². The lowest BCUT2D eigenvalue weighted by Gasteiger charge is -1.84. The normalized spacial score (nSPS) is 8.28. The van der Waals surface area contributed by atoms with Crippen LogP contribution in [0.5, 0.6) is 0 Å². The second-order valence-electron chi connectivity index (χ2n) is 3.91. The van der Waals surface area contributed by atoms with Gasteiger partial charge in [-0.1, -0.05) is 42.7 Å². The van der Waals surface area contributed by atoms with E-state index in [1.54, 1.807) is 13.0 Å². The molecular formula is C22H44O7. The Balaban J connectivity index is -0.0000000336. The van der Waals surface area contributed by atoms with E-state index < -0.39 is 0 Å². The molecule has 29 heavy (non-hydrogen) atoms. The lowest BCUT2D eigenvalue weighted by Crippen LogP contribution is -1.88. The van der Waals surface area contributed by atoms with E-state index in [-0.39, 0.29) is 47.1 Å². The molecule has 0 aliphatic carbocycles. The van der Waals surface area contributed by atoms with E-state index in [9.17, 15) is 14.4 Å². The summed E-state index contributed by atoms with van der Waals surface area (Å²) in [7, 11) is 0. The van der Waals surface area contributed by atoms with E-state index in [0.717, 1.165) is 43.6 Å². The number of allylic oxidation sites excluding steroid dienone is 5. The molecule has 0 bridgehead atoms. The highest BCUT2D eigenvalue weighted by Crippen LogP contribution is 1.88. The first-order valence-corrected chi connectivity index (χ1v) is 7.33. The van der Waals surface area contributed by atoms with Gasteiger partial charge in [-0.2, -0.15) is 0 Å². The Morgan fingerprint density at radius 1 is 0.759 bits per heavy atom. The van der Waals surface area contributed by atoms with Crippen LogP contribution in [0.2, 0.25) is 0 Å². The Morgan fingerprint density at radius 2 is 1.14 bits per heavy atom. The average Bonchev–Trinajstić information content (AvgIpc) is 2.50. The van der Waals surface area contributed by atoms with Crippen molar-refractivity contribution < 1.29 is 34.5 Å². The number of aliphatic hydroxyl groups is 3. The summed E-state index contributed by atoms with van der Waals surface area (Å²) in [4.78, 5) is 39.3. The van der Waals surface area contributed by atoms with Gasteiger partial charge < -0.3 is 20.1 Å². The molecule has 0 aromatic rings. The number of carbonyl (C=O) groups excluding carboxylic acids is 4. The smallest absolute Gasteiger partial charge is 0.181 e. The summed E-state index contributed by atoms with van der Waals surface area (Å²) in [6.07, 6.45) is 10.7. The third-order valence-corrected chi connectivity index (χ3v) is 1.64. The molecule has 0 rings (SSSR count). The molecule has 0 heterocycles. The zero-order valence-electron chi connectivity index (χ0n) is 15.1.